The summed E-state index contributed by atoms with van der Waals surface area (Å²) in [5, 5.41) is 10.0. The maximum Gasteiger partial charge on any atom is 0.336 e. The molecule has 1 aliphatic heterocycles. The molecule has 1 aliphatic rings. The van der Waals surface area contributed by atoms with Crippen molar-refractivity contribution in [2.75, 3.05) is 6.79 Å². The Morgan fingerprint density at radius 2 is 1.88 bits per heavy atom. The highest BCUT2D eigenvalue weighted by atomic mass is 32.2. The van der Waals surface area contributed by atoms with Crippen molar-refractivity contribution in [1.29, 1.82) is 0 Å². The zero-order chi connectivity index (χ0) is 17.4. The summed E-state index contributed by atoms with van der Waals surface area (Å²) in [4.78, 5) is 23.8. The Hall–Kier alpha value is -2.93. The molecule has 3 aromatic rings. The first-order valence-electron chi connectivity index (χ1n) is 7.43. The van der Waals surface area contributed by atoms with Crippen molar-refractivity contribution in [3.63, 3.8) is 0 Å². The fourth-order valence-electron chi connectivity index (χ4n) is 2.66. The summed E-state index contributed by atoms with van der Waals surface area (Å²) in [5.74, 6) is 0.575. The van der Waals surface area contributed by atoms with E-state index < -0.39 is 11.6 Å². The van der Waals surface area contributed by atoms with Crippen molar-refractivity contribution in [3.05, 3.63) is 64.0 Å². The summed E-state index contributed by atoms with van der Waals surface area (Å²) in [5.41, 5.74) is 0.930. The highest BCUT2D eigenvalue weighted by Crippen LogP contribution is 2.38. The maximum absolute atomic E-state index is 11.8. The Balaban J connectivity index is 1.72. The van der Waals surface area contributed by atoms with E-state index in [9.17, 15) is 14.7 Å². The molecule has 4 rings (SSSR count). The topological polar surface area (TPSA) is 86.0 Å². The smallest absolute Gasteiger partial charge is 0.336 e. The predicted molar refractivity (Wildman–Crippen MR) is 91.6 cm³/mol. The number of thioether (sulfide) groups is 1. The highest BCUT2D eigenvalue weighted by molar-refractivity contribution is 7.98. The second-order valence-electron chi connectivity index (χ2n) is 5.38. The van der Waals surface area contributed by atoms with E-state index in [0.717, 1.165) is 10.9 Å². The van der Waals surface area contributed by atoms with Crippen LogP contribution in [0.2, 0.25) is 0 Å². The molecule has 7 heteroatoms. The van der Waals surface area contributed by atoms with Gasteiger partial charge in [0.15, 0.2) is 11.5 Å². The number of aromatic carboxylic acids is 1. The van der Waals surface area contributed by atoms with Crippen LogP contribution < -0.4 is 15.1 Å². The predicted octanol–water partition coefficient (Wildman–Crippen LogP) is 3.51. The number of carbonyl (C=O) groups is 1. The fraction of sp³-hybridized carbons (Fsp3) is 0.111. The molecule has 0 bridgehead atoms. The second kappa shape index (κ2) is 6.18. The van der Waals surface area contributed by atoms with Crippen LogP contribution in [0, 0.1) is 0 Å². The van der Waals surface area contributed by atoms with Crippen LogP contribution in [-0.4, -0.2) is 17.9 Å². The van der Waals surface area contributed by atoms with Gasteiger partial charge >= 0.3 is 11.6 Å². The molecule has 2 aromatic carbocycles. The first-order valence-corrected chi connectivity index (χ1v) is 8.42. The van der Waals surface area contributed by atoms with Gasteiger partial charge in [-0.15, -0.1) is 11.8 Å². The molecule has 0 atom stereocenters. The normalized spacial score (nSPS) is 12.5. The SMILES string of the molecule is O=C(O)c1ccccc1SCc1cc(=O)oc2cc3c(cc12)OCO3. The van der Waals surface area contributed by atoms with Gasteiger partial charge in [0.05, 0.1) is 5.56 Å². The first-order chi connectivity index (χ1) is 12.1. The average molecular weight is 356 g/mol. The van der Waals surface area contributed by atoms with Crippen LogP contribution >= 0.6 is 11.8 Å². The van der Waals surface area contributed by atoms with E-state index >= 15 is 0 Å². The lowest BCUT2D eigenvalue weighted by Gasteiger charge is -2.08. The molecule has 0 amide bonds. The number of ether oxygens (including phenoxy) is 2. The van der Waals surface area contributed by atoms with E-state index in [1.807, 2.05) is 0 Å². The van der Waals surface area contributed by atoms with Crippen molar-refractivity contribution >= 4 is 28.7 Å². The molecular formula is C18H12O6S. The minimum absolute atomic E-state index is 0.131. The maximum atomic E-state index is 11.8. The van der Waals surface area contributed by atoms with Crippen LogP contribution in [0.15, 0.2) is 56.6 Å². The number of hydrogen-bond acceptors (Lipinski definition) is 6. The van der Waals surface area contributed by atoms with Gasteiger partial charge in [-0.1, -0.05) is 12.1 Å². The number of fused-ring (bicyclic) bond motifs is 2. The van der Waals surface area contributed by atoms with Crippen LogP contribution in [0.25, 0.3) is 11.0 Å². The Morgan fingerprint density at radius 3 is 2.68 bits per heavy atom. The lowest BCUT2D eigenvalue weighted by atomic mass is 10.1. The standard InChI is InChI=1S/C18H12O6S/c19-17-5-10(8-25-16-4-2-1-3-11(16)18(20)21)12-6-14-15(23-9-22-14)7-13(12)24-17/h1-7H,8-9H2,(H,20,21). The molecule has 0 unspecified atom stereocenters. The fourth-order valence-corrected chi connectivity index (χ4v) is 3.70. The molecule has 0 aliphatic carbocycles. The molecule has 0 fully saturated rings. The quantitative estimate of drug-likeness (QED) is 0.565. The summed E-state index contributed by atoms with van der Waals surface area (Å²) in [6.45, 7) is 0.131. The molecule has 0 saturated heterocycles. The minimum Gasteiger partial charge on any atom is -0.478 e. The monoisotopic (exact) mass is 356 g/mol. The number of rotatable bonds is 4. The Kier molecular flexibility index (Phi) is 3.85. The molecule has 2 heterocycles. The van der Waals surface area contributed by atoms with Gasteiger partial charge in [-0.3, -0.25) is 0 Å². The highest BCUT2D eigenvalue weighted by Gasteiger charge is 2.18. The molecule has 0 spiro atoms. The van der Waals surface area contributed by atoms with Crippen molar-refractivity contribution in [3.8, 4) is 11.5 Å². The third-order valence-electron chi connectivity index (χ3n) is 3.82. The molecule has 1 N–H and O–H groups in total. The zero-order valence-electron chi connectivity index (χ0n) is 12.9. The minimum atomic E-state index is -0.982. The summed E-state index contributed by atoms with van der Waals surface area (Å²) >= 11 is 1.35. The van der Waals surface area contributed by atoms with Gasteiger partial charge in [-0.25, -0.2) is 9.59 Å². The van der Waals surface area contributed by atoms with Gasteiger partial charge in [0.2, 0.25) is 6.79 Å². The lowest BCUT2D eigenvalue weighted by molar-refractivity contribution is 0.0693. The Morgan fingerprint density at radius 1 is 1.12 bits per heavy atom. The van der Waals surface area contributed by atoms with Crippen LogP contribution in [0.5, 0.6) is 11.5 Å². The molecule has 1 aromatic heterocycles. The van der Waals surface area contributed by atoms with Crippen LogP contribution in [-0.2, 0) is 5.75 Å². The molecule has 0 radical (unpaired) electrons. The molecular weight excluding hydrogens is 344 g/mol. The van der Waals surface area contributed by atoms with Crippen LogP contribution in [0.4, 0.5) is 0 Å². The number of benzene rings is 2. The van der Waals surface area contributed by atoms with E-state index in [0.29, 0.717) is 27.7 Å². The zero-order valence-corrected chi connectivity index (χ0v) is 13.7. The molecule has 0 saturated carbocycles. The molecule has 126 valence electrons. The molecule has 25 heavy (non-hydrogen) atoms. The van der Waals surface area contributed by atoms with Gasteiger partial charge in [0, 0.05) is 28.2 Å². The summed E-state index contributed by atoms with van der Waals surface area (Å²) in [6, 6.07) is 11.6. The van der Waals surface area contributed by atoms with E-state index in [2.05, 4.69) is 0 Å². The van der Waals surface area contributed by atoms with Gasteiger partial charge in [0.1, 0.15) is 5.58 Å². The van der Waals surface area contributed by atoms with Crippen molar-refractivity contribution < 1.29 is 23.8 Å². The Bertz CT molecular complexity index is 1040. The first kappa shape index (κ1) is 15.6. The van der Waals surface area contributed by atoms with E-state index in [4.69, 9.17) is 13.9 Å². The van der Waals surface area contributed by atoms with Crippen molar-refractivity contribution in [2.24, 2.45) is 0 Å². The summed E-state index contributed by atoms with van der Waals surface area (Å²) in [6.07, 6.45) is 0. The van der Waals surface area contributed by atoms with Gasteiger partial charge < -0.3 is 19.0 Å². The lowest BCUT2D eigenvalue weighted by Crippen LogP contribution is -2.01. The van der Waals surface area contributed by atoms with Gasteiger partial charge in [-0.05, 0) is 23.8 Å². The van der Waals surface area contributed by atoms with Gasteiger partial charge in [-0.2, -0.15) is 0 Å². The van der Waals surface area contributed by atoms with Crippen LogP contribution in [0.1, 0.15) is 15.9 Å². The van der Waals surface area contributed by atoms with Crippen molar-refractivity contribution in [2.45, 2.75) is 10.6 Å². The van der Waals surface area contributed by atoms with E-state index in [-0.39, 0.29) is 12.4 Å². The molecule has 6 nitrogen and oxygen atoms in total. The van der Waals surface area contributed by atoms with Crippen LogP contribution in [0.3, 0.4) is 0 Å². The van der Waals surface area contributed by atoms with E-state index in [1.165, 1.54) is 17.8 Å². The summed E-state index contributed by atoms with van der Waals surface area (Å²) in [7, 11) is 0. The number of carboxylic acids is 1. The Labute approximate surface area is 146 Å². The third-order valence-corrected chi connectivity index (χ3v) is 4.95. The second-order valence-corrected chi connectivity index (χ2v) is 6.40. The van der Waals surface area contributed by atoms with E-state index in [1.54, 1.807) is 36.4 Å². The number of hydrogen-bond donors (Lipinski definition) is 1. The third kappa shape index (κ3) is 2.94. The summed E-state index contributed by atoms with van der Waals surface area (Å²) < 4.78 is 15.9. The van der Waals surface area contributed by atoms with Gasteiger partial charge in [0.25, 0.3) is 0 Å². The average Bonchev–Trinajstić information content (AvgIpc) is 3.05. The van der Waals surface area contributed by atoms with Crippen molar-refractivity contribution in [1.82, 2.24) is 0 Å². The number of carboxylic acid groups (broad SMARTS) is 1. The largest absolute Gasteiger partial charge is 0.478 e.